The summed E-state index contributed by atoms with van der Waals surface area (Å²) < 4.78 is 9.80. The van der Waals surface area contributed by atoms with Gasteiger partial charge in [0, 0.05) is 0 Å². The van der Waals surface area contributed by atoms with Crippen molar-refractivity contribution in [1.82, 2.24) is 0 Å². The van der Waals surface area contributed by atoms with Crippen molar-refractivity contribution in [1.29, 1.82) is 0 Å². The molecule has 0 fully saturated rings. The van der Waals surface area contributed by atoms with Crippen LogP contribution in [-0.2, 0) is 28.7 Å². The van der Waals surface area contributed by atoms with Crippen molar-refractivity contribution >= 4 is 23.9 Å². The zero-order chi connectivity index (χ0) is 18.3. The molecule has 0 bridgehead atoms. The lowest BCUT2D eigenvalue weighted by molar-refractivity contribution is -0.870. The lowest BCUT2D eigenvalue weighted by Crippen LogP contribution is -2.51. The zero-order valence-corrected chi connectivity index (χ0v) is 13.2. The Kier molecular flexibility index (Phi) is 7.63. The van der Waals surface area contributed by atoms with Crippen LogP contribution < -0.4 is 5.11 Å². The molecule has 0 aromatic carbocycles. The number of likely N-dealkylation sites (N-methyl/N-ethyl adjacent to an activating group) is 1. The lowest BCUT2D eigenvalue weighted by atomic mass is 9.96. The van der Waals surface area contributed by atoms with Crippen LogP contribution in [0.3, 0.4) is 0 Å². The molecule has 0 aromatic rings. The van der Waals surface area contributed by atoms with E-state index in [0.717, 1.165) is 0 Å². The maximum absolute atomic E-state index is 11.4. The number of esters is 2. The molecule has 0 spiro atoms. The molecule has 10 nitrogen and oxygen atoms in total. The minimum absolute atomic E-state index is 0.0991. The standard InChI is InChI=1S/C13H21NO9/c1-14(2,3)4-5-22-11(18)8-23-10(17)7-13(21,12(19)20)6-9(15)16/h21H,4-8H2,1-3H3,(H-,15,16,19,20). The third-order valence-corrected chi connectivity index (χ3v) is 2.64. The molecule has 0 saturated heterocycles. The number of aliphatic carboxylic acids is 2. The minimum atomic E-state index is -2.91. The van der Waals surface area contributed by atoms with Gasteiger partial charge in [-0.1, -0.05) is 0 Å². The van der Waals surface area contributed by atoms with Crippen LogP contribution in [0.2, 0.25) is 0 Å². The monoisotopic (exact) mass is 335 g/mol. The van der Waals surface area contributed by atoms with Gasteiger partial charge in [0.2, 0.25) is 0 Å². The average Bonchev–Trinajstić information content (AvgIpc) is 2.33. The maximum Gasteiger partial charge on any atom is 0.344 e. The molecule has 0 aliphatic rings. The predicted molar refractivity (Wildman–Crippen MR) is 71.6 cm³/mol. The van der Waals surface area contributed by atoms with Crippen LogP contribution in [0.1, 0.15) is 12.8 Å². The third kappa shape index (κ3) is 9.42. The fourth-order valence-corrected chi connectivity index (χ4v) is 1.36. The van der Waals surface area contributed by atoms with Crippen molar-refractivity contribution in [3.05, 3.63) is 0 Å². The highest BCUT2D eigenvalue weighted by Gasteiger charge is 2.35. The van der Waals surface area contributed by atoms with Crippen LogP contribution in [0.5, 0.6) is 0 Å². The van der Waals surface area contributed by atoms with Gasteiger partial charge in [-0.15, -0.1) is 0 Å². The van der Waals surface area contributed by atoms with Crippen LogP contribution in [0, 0.1) is 0 Å². The lowest BCUT2D eigenvalue weighted by Gasteiger charge is -2.26. The Labute approximate surface area is 132 Å². The van der Waals surface area contributed by atoms with E-state index in [1.54, 1.807) is 0 Å². The molecule has 0 saturated carbocycles. The quantitative estimate of drug-likeness (QED) is 0.317. The topological polar surface area (TPSA) is 150 Å². The molecule has 23 heavy (non-hydrogen) atoms. The van der Waals surface area contributed by atoms with Gasteiger partial charge in [-0.2, -0.15) is 0 Å². The summed E-state index contributed by atoms with van der Waals surface area (Å²) >= 11 is 0. The van der Waals surface area contributed by atoms with E-state index in [2.05, 4.69) is 4.74 Å². The Bertz CT molecular complexity index is 469. The predicted octanol–water partition coefficient (Wildman–Crippen LogP) is -2.88. The van der Waals surface area contributed by atoms with E-state index in [-0.39, 0.29) is 6.61 Å². The molecular formula is C13H21NO9. The molecule has 10 heteroatoms. The maximum atomic E-state index is 11.4. The first-order valence-corrected chi connectivity index (χ1v) is 6.63. The highest BCUT2D eigenvalue weighted by atomic mass is 16.6. The summed E-state index contributed by atoms with van der Waals surface area (Å²) in [5.41, 5.74) is -2.91. The Balaban J connectivity index is 4.30. The van der Waals surface area contributed by atoms with Crippen LogP contribution in [0.15, 0.2) is 0 Å². The molecule has 0 aliphatic carbocycles. The van der Waals surface area contributed by atoms with E-state index < -0.39 is 48.9 Å². The number of hydrogen-bond acceptors (Lipinski definition) is 8. The number of carboxylic acid groups (broad SMARTS) is 2. The summed E-state index contributed by atoms with van der Waals surface area (Å²) in [5.74, 6) is -5.87. The smallest absolute Gasteiger partial charge is 0.344 e. The van der Waals surface area contributed by atoms with Crippen LogP contribution >= 0.6 is 0 Å². The van der Waals surface area contributed by atoms with E-state index in [0.29, 0.717) is 11.0 Å². The second-order valence-corrected chi connectivity index (χ2v) is 5.96. The van der Waals surface area contributed by atoms with Crippen molar-refractivity contribution in [3.63, 3.8) is 0 Å². The number of aliphatic hydroxyl groups is 1. The SMILES string of the molecule is C[N+](C)(C)CCOC(=O)COC(=O)CC(O)(CC(=O)O)C(=O)[O-]. The number of hydrogen-bond donors (Lipinski definition) is 2. The van der Waals surface area contributed by atoms with Crippen LogP contribution in [0.25, 0.3) is 0 Å². The number of nitrogens with zero attached hydrogens (tertiary/aromatic N) is 1. The number of quaternary nitrogens is 1. The summed E-state index contributed by atoms with van der Waals surface area (Å²) in [6, 6.07) is 0. The van der Waals surface area contributed by atoms with Crippen LogP contribution in [-0.4, -0.2) is 85.1 Å². The normalized spacial score (nSPS) is 13.7. The van der Waals surface area contributed by atoms with E-state index in [9.17, 15) is 29.4 Å². The second-order valence-electron chi connectivity index (χ2n) is 5.96. The van der Waals surface area contributed by atoms with Gasteiger partial charge in [0.15, 0.2) is 6.61 Å². The summed E-state index contributed by atoms with van der Waals surface area (Å²) in [5, 5.41) is 28.8. The first kappa shape index (κ1) is 20.8. The molecule has 132 valence electrons. The van der Waals surface area contributed by atoms with Gasteiger partial charge in [-0.25, -0.2) is 4.79 Å². The summed E-state index contributed by atoms with van der Waals surface area (Å²) in [6.07, 6.45) is -2.40. The molecule has 0 aromatic heterocycles. The van der Waals surface area contributed by atoms with Crippen molar-refractivity contribution in [2.24, 2.45) is 0 Å². The first-order valence-electron chi connectivity index (χ1n) is 6.63. The highest BCUT2D eigenvalue weighted by molar-refractivity contribution is 5.88. The largest absolute Gasteiger partial charge is 0.547 e. The van der Waals surface area contributed by atoms with Gasteiger partial charge in [-0.05, 0) is 0 Å². The molecule has 1 atom stereocenters. The molecule has 1 unspecified atom stereocenters. The van der Waals surface area contributed by atoms with Gasteiger partial charge in [-0.3, -0.25) is 9.59 Å². The van der Waals surface area contributed by atoms with Crippen molar-refractivity contribution in [2.45, 2.75) is 18.4 Å². The Hall–Kier alpha value is -2.20. The van der Waals surface area contributed by atoms with Gasteiger partial charge < -0.3 is 34.1 Å². The van der Waals surface area contributed by atoms with Crippen molar-refractivity contribution < 1.29 is 48.5 Å². The Morgan fingerprint density at radius 2 is 1.61 bits per heavy atom. The van der Waals surface area contributed by atoms with Gasteiger partial charge in [0.05, 0.1) is 40.0 Å². The van der Waals surface area contributed by atoms with E-state index in [1.807, 2.05) is 21.1 Å². The van der Waals surface area contributed by atoms with Gasteiger partial charge in [0.25, 0.3) is 0 Å². The van der Waals surface area contributed by atoms with Crippen LogP contribution in [0.4, 0.5) is 0 Å². The molecule has 0 radical (unpaired) electrons. The summed E-state index contributed by atoms with van der Waals surface area (Å²) in [4.78, 5) is 44.0. The number of carboxylic acids is 2. The van der Waals surface area contributed by atoms with Gasteiger partial charge >= 0.3 is 17.9 Å². The summed E-state index contributed by atoms with van der Waals surface area (Å²) in [7, 11) is 5.66. The average molecular weight is 335 g/mol. The van der Waals surface area contributed by atoms with Crippen molar-refractivity contribution in [3.8, 4) is 0 Å². The number of carbonyl (C=O) groups excluding carboxylic acids is 3. The molecule has 0 aliphatic heterocycles. The fourth-order valence-electron chi connectivity index (χ4n) is 1.36. The summed E-state index contributed by atoms with van der Waals surface area (Å²) in [6.45, 7) is -0.142. The van der Waals surface area contributed by atoms with E-state index in [4.69, 9.17) is 9.84 Å². The molecule has 0 amide bonds. The highest BCUT2D eigenvalue weighted by Crippen LogP contribution is 2.15. The second kappa shape index (κ2) is 8.44. The number of ether oxygens (including phenoxy) is 2. The Morgan fingerprint density at radius 1 is 1.04 bits per heavy atom. The number of carbonyl (C=O) groups is 4. The fraction of sp³-hybridized carbons (Fsp3) is 0.692. The zero-order valence-electron chi connectivity index (χ0n) is 13.2. The first-order chi connectivity index (χ1) is 10.4. The minimum Gasteiger partial charge on any atom is -0.547 e. The Morgan fingerprint density at radius 3 is 2.04 bits per heavy atom. The van der Waals surface area contributed by atoms with E-state index in [1.165, 1.54) is 0 Å². The molecule has 0 heterocycles. The molecular weight excluding hydrogens is 314 g/mol. The van der Waals surface area contributed by atoms with Crippen molar-refractivity contribution in [2.75, 3.05) is 40.9 Å². The molecule has 0 rings (SSSR count). The third-order valence-electron chi connectivity index (χ3n) is 2.64. The van der Waals surface area contributed by atoms with E-state index >= 15 is 0 Å². The van der Waals surface area contributed by atoms with Gasteiger partial charge in [0.1, 0.15) is 18.8 Å². The molecule has 2 N–H and O–H groups in total. The number of rotatable bonds is 10.